The number of halogens is 1. The number of rotatable bonds is 3. The zero-order chi connectivity index (χ0) is 8.97. The molecule has 0 aliphatic carbocycles. The number of alkyl halides is 1. The summed E-state index contributed by atoms with van der Waals surface area (Å²) < 4.78 is 2.12. The van der Waals surface area contributed by atoms with Crippen molar-refractivity contribution >= 4 is 22.0 Å². The van der Waals surface area contributed by atoms with Crippen molar-refractivity contribution < 1.29 is 0 Å². The molecule has 2 nitrogen and oxygen atoms in total. The SMILES string of the molecule is CCn1cncc1/C=C(/C)CBr. The smallest absolute Gasteiger partial charge is 0.0950 e. The van der Waals surface area contributed by atoms with Crippen LogP contribution >= 0.6 is 15.9 Å². The molecule has 0 unspecified atom stereocenters. The van der Waals surface area contributed by atoms with Gasteiger partial charge in [0.2, 0.25) is 0 Å². The summed E-state index contributed by atoms with van der Waals surface area (Å²) >= 11 is 3.41. The van der Waals surface area contributed by atoms with E-state index in [-0.39, 0.29) is 0 Å². The maximum Gasteiger partial charge on any atom is 0.0950 e. The van der Waals surface area contributed by atoms with Crippen LogP contribution in [0.25, 0.3) is 6.08 Å². The zero-order valence-corrected chi connectivity index (χ0v) is 9.00. The molecule has 1 heterocycles. The summed E-state index contributed by atoms with van der Waals surface area (Å²) in [5.41, 5.74) is 2.49. The Morgan fingerprint density at radius 3 is 3.08 bits per heavy atom. The molecule has 0 bridgehead atoms. The van der Waals surface area contributed by atoms with Gasteiger partial charge in [0.25, 0.3) is 0 Å². The molecule has 66 valence electrons. The molecule has 0 saturated carbocycles. The Hall–Kier alpha value is -0.570. The van der Waals surface area contributed by atoms with E-state index in [1.165, 1.54) is 11.3 Å². The van der Waals surface area contributed by atoms with Gasteiger partial charge in [-0.15, -0.1) is 0 Å². The Bertz CT molecular complexity index is 276. The number of aromatic nitrogens is 2. The molecule has 0 N–H and O–H groups in total. The van der Waals surface area contributed by atoms with E-state index in [1.807, 2.05) is 12.5 Å². The van der Waals surface area contributed by atoms with E-state index in [1.54, 1.807) is 0 Å². The van der Waals surface area contributed by atoms with Gasteiger partial charge in [-0.05, 0) is 19.9 Å². The summed E-state index contributed by atoms with van der Waals surface area (Å²) in [6.07, 6.45) is 5.88. The van der Waals surface area contributed by atoms with E-state index in [0.717, 1.165) is 11.9 Å². The van der Waals surface area contributed by atoms with Gasteiger partial charge in [0.1, 0.15) is 0 Å². The van der Waals surface area contributed by atoms with Crippen LogP contribution in [0.4, 0.5) is 0 Å². The van der Waals surface area contributed by atoms with Crippen LogP contribution in [0.2, 0.25) is 0 Å². The summed E-state index contributed by atoms with van der Waals surface area (Å²) in [4.78, 5) is 4.08. The largest absolute Gasteiger partial charge is 0.331 e. The molecule has 3 heteroatoms. The predicted molar refractivity (Wildman–Crippen MR) is 55.3 cm³/mol. The molecule has 0 amide bonds. The molecule has 0 aliphatic rings. The maximum atomic E-state index is 4.08. The quantitative estimate of drug-likeness (QED) is 0.728. The minimum absolute atomic E-state index is 0.919. The van der Waals surface area contributed by atoms with Crippen LogP contribution in [0.3, 0.4) is 0 Å². The first-order chi connectivity index (χ1) is 5.77. The van der Waals surface area contributed by atoms with Crippen molar-refractivity contribution in [3.8, 4) is 0 Å². The lowest BCUT2D eigenvalue weighted by Gasteiger charge is -2.00. The Balaban J connectivity index is 2.87. The highest BCUT2D eigenvalue weighted by Crippen LogP contribution is 2.07. The highest BCUT2D eigenvalue weighted by Gasteiger charge is 1.95. The molecule has 12 heavy (non-hydrogen) atoms. The molecule has 0 saturated heterocycles. The normalized spacial score (nSPS) is 12.1. The first kappa shape index (κ1) is 9.52. The van der Waals surface area contributed by atoms with Crippen LogP contribution in [0, 0.1) is 0 Å². The van der Waals surface area contributed by atoms with Crippen LogP contribution < -0.4 is 0 Å². The molecule has 0 aliphatic heterocycles. The molecule has 0 radical (unpaired) electrons. The topological polar surface area (TPSA) is 17.8 Å². The molecule has 1 aromatic rings. The number of hydrogen-bond donors (Lipinski definition) is 0. The number of imidazole rings is 1. The van der Waals surface area contributed by atoms with Crippen LogP contribution in [0.5, 0.6) is 0 Å². The number of aryl methyl sites for hydroxylation is 1. The molecule has 0 spiro atoms. The van der Waals surface area contributed by atoms with E-state index >= 15 is 0 Å². The molecule has 0 atom stereocenters. The Labute approximate surface area is 81.4 Å². The predicted octanol–water partition coefficient (Wildman–Crippen LogP) is 2.70. The van der Waals surface area contributed by atoms with Crippen molar-refractivity contribution in [3.05, 3.63) is 23.8 Å². The third kappa shape index (κ3) is 2.21. The summed E-state index contributed by atoms with van der Waals surface area (Å²) in [5.74, 6) is 0. The van der Waals surface area contributed by atoms with Crippen LogP contribution in [-0.2, 0) is 6.54 Å². The van der Waals surface area contributed by atoms with Crippen LogP contribution in [0.15, 0.2) is 18.1 Å². The van der Waals surface area contributed by atoms with Crippen molar-refractivity contribution in [1.29, 1.82) is 0 Å². The van der Waals surface area contributed by atoms with E-state index < -0.39 is 0 Å². The highest BCUT2D eigenvalue weighted by molar-refractivity contribution is 9.09. The monoisotopic (exact) mass is 228 g/mol. The highest BCUT2D eigenvalue weighted by atomic mass is 79.9. The molecule has 0 fully saturated rings. The van der Waals surface area contributed by atoms with Gasteiger partial charge in [0, 0.05) is 11.9 Å². The molecule has 0 aromatic carbocycles. The second-order valence-corrected chi connectivity index (χ2v) is 3.29. The molecular weight excluding hydrogens is 216 g/mol. The standard InChI is InChI=1S/C9H13BrN2/c1-3-12-7-11-6-9(12)4-8(2)5-10/h4,6-7H,3,5H2,1-2H3/b8-4-. The van der Waals surface area contributed by atoms with Crippen molar-refractivity contribution in [2.75, 3.05) is 5.33 Å². The lowest BCUT2D eigenvalue weighted by atomic mass is 10.3. The lowest BCUT2D eigenvalue weighted by molar-refractivity contribution is 0.754. The fourth-order valence-corrected chi connectivity index (χ4v) is 1.17. The second-order valence-electron chi connectivity index (χ2n) is 2.73. The van der Waals surface area contributed by atoms with E-state index in [9.17, 15) is 0 Å². The maximum absolute atomic E-state index is 4.08. The van der Waals surface area contributed by atoms with E-state index in [2.05, 4.69) is 45.4 Å². The van der Waals surface area contributed by atoms with Gasteiger partial charge in [-0.1, -0.05) is 21.5 Å². The Kier molecular flexibility index (Phi) is 3.53. The lowest BCUT2D eigenvalue weighted by Crippen LogP contribution is -1.94. The van der Waals surface area contributed by atoms with Gasteiger partial charge in [0.05, 0.1) is 18.2 Å². The molecular formula is C9H13BrN2. The van der Waals surface area contributed by atoms with Crippen LogP contribution in [0.1, 0.15) is 19.5 Å². The van der Waals surface area contributed by atoms with Crippen molar-refractivity contribution in [2.45, 2.75) is 20.4 Å². The average Bonchev–Trinajstić information content (AvgIpc) is 2.51. The van der Waals surface area contributed by atoms with Gasteiger partial charge in [-0.3, -0.25) is 0 Å². The summed E-state index contributed by atoms with van der Waals surface area (Å²) in [6, 6.07) is 0. The zero-order valence-electron chi connectivity index (χ0n) is 7.42. The first-order valence-electron chi connectivity index (χ1n) is 4.01. The molecule has 1 aromatic heterocycles. The van der Waals surface area contributed by atoms with E-state index in [4.69, 9.17) is 0 Å². The summed E-state index contributed by atoms with van der Waals surface area (Å²) in [6.45, 7) is 5.19. The van der Waals surface area contributed by atoms with E-state index in [0.29, 0.717) is 0 Å². The fourth-order valence-electron chi connectivity index (χ4n) is 1.01. The number of allylic oxidation sites excluding steroid dienone is 1. The number of hydrogen-bond acceptors (Lipinski definition) is 1. The fraction of sp³-hybridized carbons (Fsp3) is 0.444. The first-order valence-corrected chi connectivity index (χ1v) is 5.13. The van der Waals surface area contributed by atoms with Gasteiger partial charge in [0.15, 0.2) is 0 Å². The minimum atomic E-state index is 0.919. The summed E-state index contributed by atoms with van der Waals surface area (Å²) in [7, 11) is 0. The van der Waals surface area contributed by atoms with Gasteiger partial charge < -0.3 is 4.57 Å². The van der Waals surface area contributed by atoms with Crippen molar-refractivity contribution in [2.24, 2.45) is 0 Å². The second kappa shape index (κ2) is 4.45. The number of nitrogens with zero attached hydrogens (tertiary/aromatic N) is 2. The van der Waals surface area contributed by atoms with Gasteiger partial charge >= 0.3 is 0 Å². The Morgan fingerprint density at radius 1 is 1.75 bits per heavy atom. The minimum Gasteiger partial charge on any atom is -0.331 e. The van der Waals surface area contributed by atoms with Crippen LogP contribution in [-0.4, -0.2) is 14.9 Å². The molecule has 1 rings (SSSR count). The van der Waals surface area contributed by atoms with Gasteiger partial charge in [-0.2, -0.15) is 0 Å². The third-order valence-corrected chi connectivity index (χ3v) is 2.57. The Morgan fingerprint density at radius 2 is 2.50 bits per heavy atom. The summed E-state index contributed by atoms with van der Waals surface area (Å²) in [5, 5.41) is 0.919. The van der Waals surface area contributed by atoms with Crippen molar-refractivity contribution in [1.82, 2.24) is 9.55 Å². The van der Waals surface area contributed by atoms with Crippen molar-refractivity contribution in [3.63, 3.8) is 0 Å². The average molecular weight is 229 g/mol. The van der Waals surface area contributed by atoms with Gasteiger partial charge in [-0.25, -0.2) is 4.98 Å². The third-order valence-electron chi connectivity index (χ3n) is 1.69.